The molecule has 2 heterocycles. The Morgan fingerprint density at radius 1 is 1.29 bits per heavy atom. The van der Waals surface area contributed by atoms with E-state index in [9.17, 15) is 0 Å². The summed E-state index contributed by atoms with van der Waals surface area (Å²) in [5, 5.41) is 12.6. The average molecular weight is 559 g/mol. The quantitative estimate of drug-likeness (QED) is 0.319. The van der Waals surface area contributed by atoms with Crippen molar-refractivity contribution in [2.45, 2.75) is 39.0 Å². The number of methoxy groups -OCH3 is 1. The fraction of sp³-hybridized carbons (Fsp3) is 0.591. The Hall–Kier alpha value is -1.49. The molecule has 0 bridgehead atoms. The van der Waals surface area contributed by atoms with E-state index in [-0.39, 0.29) is 24.0 Å². The number of ether oxygens (including phenoxy) is 1. The molecular formula is C22H35IN6OS. The predicted molar refractivity (Wildman–Crippen MR) is 140 cm³/mol. The van der Waals surface area contributed by atoms with Gasteiger partial charge in [-0.1, -0.05) is 26.0 Å². The third-order valence-electron chi connectivity index (χ3n) is 5.55. The summed E-state index contributed by atoms with van der Waals surface area (Å²) in [6, 6.07) is 8.25. The van der Waals surface area contributed by atoms with Crippen LogP contribution in [0, 0.1) is 12.8 Å². The lowest BCUT2D eigenvalue weighted by atomic mass is 10.1. The lowest BCUT2D eigenvalue weighted by Gasteiger charge is -2.36. The molecule has 1 saturated heterocycles. The summed E-state index contributed by atoms with van der Waals surface area (Å²) in [6.45, 7) is 9.96. The molecule has 0 radical (unpaired) electrons. The van der Waals surface area contributed by atoms with Crippen molar-refractivity contribution in [3.05, 3.63) is 41.5 Å². The van der Waals surface area contributed by atoms with Gasteiger partial charge in [0.25, 0.3) is 0 Å². The summed E-state index contributed by atoms with van der Waals surface area (Å²) < 4.78 is 7.25. The predicted octanol–water partition coefficient (Wildman–Crippen LogP) is 3.51. The van der Waals surface area contributed by atoms with E-state index >= 15 is 0 Å². The summed E-state index contributed by atoms with van der Waals surface area (Å²) in [7, 11) is 3.68. The summed E-state index contributed by atoms with van der Waals surface area (Å²) in [5.74, 6) is 5.43. The lowest BCUT2D eigenvalue weighted by molar-refractivity contribution is 0.380. The molecule has 0 amide bonds. The van der Waals surface area contributed by atoms with Crippen LogP contribution in [-0.4, -0.2) is 63.4 Å². The van der Waals surface area contributed by atoms with Crippen LogP contribution in [0.25, 0.3) is 0 Å². The monoisotopic (exact) mass is 558 g/mol. The van der Waals surface area contributed by atoms with Crippen molar-refractivity contribution in [3.8, 4) is 5.75 Å². The fourth-order valence-corrected chi connectivity index (χ4v) is 4.68. The number of hydrogen-bond acceptors (Lipinski definition) is 5. The Labute approximate surface area is 207 Å². The van der Waals surface area contributed by atoms with Crippen LogP contribution >= 0.6 is 35.7 Å². The molecule has 1 N–H and O–H groups in total. The van der Waals surface area contributed by atoms with Crippen LogP contribution in [0.3, 0.4) is 0 Å². The molecule has 0 spiro atoms. The molecule has 7 nitrogen and oxygen atoms in total. The zero-order valence-electron chi connectivity index (χ0n) is 19.2. The molecular weight excluding hydrogens is 523 g/mol. The number of halogens is 1. The first-order valence-corrected chi connectivity index (χ1v) is 11.7. The molecule has 3 rings (SSSR count). The van der Waals surface area contributed by atoms with Gasteiger partial charge in [-0.2, -0.15) is 11.8 Å². The molecule has 172 valence electrons. The molecule has 1 aliphatic rings. The number of aliphatic imine (C=N–C) groups is 1. The first-order chi connectivity index (χ1) is 14.5. The van der Waals surface area contributed by atoms with Crippen LogP contribution in [0.15, 0.2) is 29.3 Å². The van der Waals surface area contributed by atoms with Crippen LogP contribution in [0.4, 0.5) is 0 Å². The molecule has 1 aliphatic heterocycles. The highest BCUT2D eigenvalue weighted by Crippen LogP contribution is 2.25. The van der Waals surface area contributed by atoms with E-state index in [0.717, 1.165) is 55.2 Å². The molecule has 9 heteroatoms. The number of benzene rings is 1. The normalized spacial score (nSPS) is 16.9. The van der Waals surface area contributed by atoms with Crippen LogP contribution in [-0.2, 0) is 20.0 Å². The van der Waals surface area contributed by atoms with Crippen molar-refractivity contribution in [1.29, 1.82) is 0 Å². The minimum atomic E-state index is 0. The van der Waals surface area contributed by atoms with E-state index in [1.807, 2.05) is 30.7 Å². The van der Waals surface area contributed by atoms with E-state index in [1.54, 1.807) is 7.11 Å². The second-order valence-corrected chi connectivity index (χ2v) is 9.33. The average Bonchev–Trinajstić information content (AvgIpc) is 3.08. The first kappa shape index (κ1) is 25.8. The second-order valence-electron chi connectivity index (χ2n) is 7.99. The number of aromatic nitrogens is 3. The highest BCUT2D eigenvalue weighted by atomic mass is 127. The summed E-state index contributed by atoms with van der Waals surface area (Å²) in [5.41, 5.74) is 1.28. The first-order valence-electron chi connectivity index (χ1n) is 10.6. The smallest absolute Gasteiger partial charge is 0.194 e. The van der Waals surface area contributed by atoms with Crippen molar-refractivity contribution in [1.82, 2.24) is 25.0 Å². The van der Waals surface area contributed by atoms with Gasteiger partial charge in [-0.15, -0.1) is 34.2 Å². The van der Waals surface area contributed by atoms with Gasteiger partial charge in [0.2, 0.25) is 0 Å². The molecule has 1 atom stereocenters. The van der Waals surface area contributed by atoms with Gasteiger partial charge in [0.05, 0.1) is 7.11 Å². The zero-order chi connectivity index (χ0) is 21.5. The van der Waals surface area contributed by atoms with Gasteiger partial charge >= 0.3 is 0 Å². The van der Waals surface area contributed by atoms with E-state index in [1.165, 1.54) is 5.56 Å². The van der Waals surface area contributed by atoms with E-state index in [4.69, 9.17) is 9.73 Å². The van der Waals surface area contributed by atoms with Gasteiger partial charge in [0.1, 0.15) is 18.1 Å². The van der Waals surface area contributed by atoms with Crippen LogP contribution in [0.2, 0.25) is 0 Å². The molecule has 1 aromatic heterocycles. The standard InChI is InChI=1S/C22H34N6OS.HI/c1-16(2)20-15-28(12-13-30-20)22(24-14-21-26-25-17(3)27(21)4)23-11-10-18-6-8-19(29-5)9-7-18;/h6-9,16,20H,10-15H2,1-5H3,(H,23,24);1H. The Morgan fingerprint density at radius 2 is 2.03 bits per heavy atom. The zero-order valence-corrected chi connectivity index (χ0v) is 22.3. The molecule has 0 aliphatic carbocycles. The molecule has 0 saturated carbocycles. The van der Waals surface area contributed by atoms with Crippen LogP contribution in [0.1, 0.15) is 31.1 Å². The Kier molecular flexibility index (Phi) is 10.4. The Morgan fingerprint density at radius 3 is 2.65 bits per heavy atom. The summed E-state index contributed by atoms with van der Waals surface area (Å²) in [6.07, 6.45) is 0.933. The van der Waals surface area contributed by atoms with Crippen molar-refractivity contribution in [2.24, 2.45) is 18.0 Å². The highest BCUT2D eigenvalue weighted by Gasteiger charge is 2.25. The van der Waals surface area contributed by atoms with Crippen molar-refractivity contribution < 1.29 is 4.74 Å². The number of rotatable bonds is 7. The molecule has 1 aromatic carbocycles. The second kappa shape index (κ2) is 12.5. The number of nitrogens with zero attached hydrogens (tertiary/aromatic N) is 5. The van der Waals surface area contributed by atoms with Gasteiger partial charge in [-0.3, -0.25) is 0 Å². The van der Waals surface area contributed by atoms with E-state index < -0.39 is 0 Å². The Bertz CT molecular complexity index is 839. The van der Waals surface area contributed by atoms with Gasteiger partial charge in [0, 0.05) is 37.7 Å². The van der Waals surface area contributed by atoms with Gasteiger partial charge < -0.3 is 19.5 Å². The maximum absolute atomic E-state index is 5.25. The van der Waals surface area contributed by atoms with Gasteiger partial charge in [-0.05, 0) is 37.0 Å². The van der Waals surface area contributed by atoms with Gasteiger partial charge in [0.15, 0.2) is 11.8 Å². The van der Waals surface area contributed by atoms with E-state index in [2.05, 4.69) is 58.2 Å². The summed E-state index contributed by atoms with van der Waals surface area (Å²) >= 11 is 2.07. The van der Waals surface area contributed by atoms with Crippen molar-refractivity contribution in [3.63, 3.8) is 0 Å². The Balaban J connectivity index is 0.00000341. The maximum Gasteiger partial charge on any atom is 0.194 e. The molecule has 2 aromatic rings. The number of aryl methyl sites for hydroxylation is 1. The van der Waals surface area contributed by atoms with Crippen molar-refractivity contribution >= 4 is 41.7 Å². The molecule has 1 fully saturated rings. The van der Waals surface area contributed by atoms with Crippen LogP contribution in [0.5, 0.6) is 5.75 Å². The lowest BCUT2D eigenvalue weighted by Crippen LogP contribution is -2.49. The third-order valence-corrected chi connectivity index (χ3v) is 7.09. The number of thioether (sulfide) groups is 1. The minimum absolute atomic E-state index is 0. The topological polar surface area (TPSA) is 67.6 Å². The van der Waals surface area contributed by atoms with E-state index in [0.29, 0.717) is 17.7 Å². The number of nitrogens with one attached hydrogen (secondary N) is 1. The van der Waals surface area contributed by atoms with Gasteiger partial charge in [-0.25, -0.2) is 4.99 Å². The number of guanidine groups is 1. The van der Waals surface area contributed by atoms with Crippen LogP contribution < -0.4 is 10.1 Å². The highest BCUT2D eigenvalue weighted by molar-refractivity contribution is 14.0. The molecule has 31 heavy (non-hydrogen) atoms. The fourth-order valence-electron chi connectivity index (χ4n) is 3.38. The molecule has 1 unspecified atom stereocenters. The number of hydrogen-bond donors (Lipinski definition) is 1. The maximum atomic E-state index is 5.25. The third kappa shape index (κ3) is 7.27. The summed E-state index contributed by atoms with van der Waals surface area (Å²) in [4.78, 5) is 7.32. The minimum Gasteiger partial charge on any atom is -0.497 e. The van der Waals surface area contributed by atoms with Crippen molar-refractivity contribution in [2.75, 3.05) is 32.5 Å². The SMILES string of the molecule is COc1ccc(CCNC(=NCc2nnc(C)n2C)N2CCSC(C(C)C)C2)cc1.I. The largest absolute Gasteiger partial charge is 0.497 e.